The van der Waals surface area contributed by atoms with Crippen LogP contribution in [0.3, 0.4) is 0 Å². The van der Waals surface area contributed by atoms with Crippen molar-refractivity contribution in [2.45, 2.75) is 37.8 Å². The van der Waals surface area contributed by atoms with E-state index in [-0.39, 0.29) is 24.3 Å². The van der Waals surface area contributed by atoms with Gasteiger partial charge in [-0.2, -0.15) is 0 Å². The minimum absolute atomic E-state index is 0.0625. The van der Waals surface area contributed by atoms with Crippen LogP contribution < -0.4 is 15.5 Å². The number of nitrogens with zero attached hydrogens (tertiary/aromatic N) is 2. The lowest BCUT2D eigenvalue weighted by Crippen LogP contribution is -2.49. The van der Waals surface area contributed by atoms with Gasteiger partial charge in [-0.25, -0.2) is 0 Å². The van der Waals surface area contributed by atoms with Gasteiger partial charge in [0.05, 0.1) is 12.8 Å². The van der Waals surface area contributed by atoms with Crippen molar-refractivity contribution in [2.24, 2.45) is 0 Å². The van der Waals surface area contributed by atoms with Crippen LogP contribution in [0.15, 0.2) is 71.6 Å². The van der Waals surface area contributed by atoms with E-state index in [1.165, 1.54) is 17.2 Å². The van der Waals surface area contributed by atoms with Crippen molar-refractivity contribution in [3.8, 4) is 0 Å². The molecule has 0 bridgehead atoms. The molecule has 8 nitrogen and oxygen atoms in total. The van der Waals surface area contributed by atoms with E-state index < -0.39 is 17.9 Å². The van der Waals surface area contributed by atoms with Crippen LogP contribution in [-0.4, -0.2) is 35.3 Å². The summed E-state index contributed by atoms with van der Waals surface area (Å²) in [7, 11) is 0. The van der Waals surface area contributed by atoms with Crippen molar-refractivity contribution in [1.29, 1.82) is 0 Å². The quantitative estimate of drug-likeness (QED) is 0.509. The first-order valence-electron chi connectivity index (χ1n) is 11.1. The SMILES string of the molecule is O=C(NCC(=O)N(c1ccc(Cl)cc1)[C@H](C(=O)NC1CCCC1)c1cccnc1)c1ccco1. The van der Waals surface area contributed by atoms with Gasteiger partial charge in [0.1, 0.15) is 6.04 Å². The van der Waals surface area contributed by atoms with Crippen LogP contribution in [0.5, 0.6) is 0 Å². The number of halogens is 1. The van der Waals surface area contributed by atoms with Crippen LogP contribution in [0.2, 0.25) is 5.02 Å². The summed E-state index contributed by atoms with van der Waals surface area (Å²) in [6, 6.07) is 12.3. The second kappa shape index (κ2) is 11.0. The van der Waals surface area contributed by atoms with Gasteiger partial charge in [0.25, 0.3) is 5.91 Å². The Labute approximate surface area is 202 Å². The summed E-state index contributed by atoms with van der Waals surface area (Å²) in [6.45, 7) is -0.338. The molecule has 0 spiro atoms. The van der Waals surface area contributed by atoms with Crippen molar-refractivity contribution < 1.29 is 18.8 Å². The number of amides is 3. The van der Waals surface area contributed by atoms with Crippen LogP contribution >= 0.6 is 11.6 Å². The molecule has 9 heteroatoms. The highest BCUT2D eigenvalue weighted by Crippen LogP contribution is 2.30. The fourth-order valence-corrected chi connectivity index (χ4v) is 4.21. The van der Waals surface area contributed by atoms with Crippen LogP contribution in [0, 0.1) is 0 Å². The summed E-state index contributed by atoms with van der Waals surface area (Å²) in [6.07, 6.45) is 8.47. The molecule has 2 N–H and O–H groups in total. The van der Waals surface area contributed by atoms with Gasteiger partial charge in [-0.05, 0) is 55.3 Å². The Balaban J connectivity index is 1.65. The molecule has 1 aliphatic carbocycles. The standard InChI is InChI=1S/C25H25ClN4O4/c26-18-9-11-20(12-10-18)30(22(31)16-28-24(32)21-8-4-14-34-21)23(17-5-3-13-27-15-17)25(33)29-19-6-1-2-7-19/h3-5,8-15,19,23H,1-2,6-7,16H2,(H,28,32)(H,29,33)/t23-/m0/s1. The van der Waals surface area contributed by atoms with E-state index in [1.807, 2.05) is 0 Å². The first-order valence-corrected chi connectivity index (χ1v) is 11.5. The number of carbonyl (C=O) groups is 3. The molecule has 1 aromatic carbocycles. The second-order valence-corrected chi connectivity index (χ2v) is 8.52. The largest absolute Gasteiger partial charge is 0.459 e. The molecule has 2 aromatic heterocycles. The molecule has 4 rings (SSSR count). The average Bonchev–Trinajstić information content (AvgIpc) is 3.57. The van der Waals surface area contributed by atoms with Gasteiger partial charge in [0, 0.05) is 34.7 Å². The number of anilines is 1. The third-order valence-electron chi connectivity index (χ3n) is 5.73. The first-order chi connectivity index (χ1) is 16.5. The average molecular weight is 481 g/mol. The molecular formula is C25H25ClN4O4. The lowest BCUT2D eigenvalue weighted by atomic mass is 10.0. The van der Waals surface area contributed by atoms with Crippen molar-refractivity contribution in [3.05, 3.63) is 83.5 Å². The van der Waals surface area contributed by atoms with Gasteiger partial charge >= 0.3 is 0 Å². The van der Waals surface area contributed by atoms with Crippen LogP contribution in [0.25, 0.3) is 0 Å². The predicted octanol–water partition coefficient (Wildman–Crippen LogP) is 3.89. The molecule has 0 unspecified atom stereocenters. The lowest BCUT2D eigenvalue weighted by Gasteiger charge is -2.32. The minimum atomic E-state index is -0.983. The summed E-state index contributed by atoms with van der Waals surface area (Å²) < 4.78 is 5.09. The number of furan rings is 1. The molecule has 176 valence electrons. The van der Waals surface area contributed by atoms with Gasteiger partial charge in [0.2, 0.25) is 11.8 Å². The molecule has 1 atom stereocenters. The Hall–Kier alpha value is -3.65. The maximum absolute atomic E-state index is 13.5. The van der Waals surface area contributed by atoms with Gasteiger partial charge in [-0.3, -0.25) is 24.3 Å². The summed E-state index contributed by atoms with van der Waals surface area (Å²) >= 11 is 6.07. The first kappa shape index (κ1) is 23.5. The Morgan fingerprint density at radius 3 is 2.50 bits per heavy atom. The third kappa shape index (κ3) is 5.63. The van der Waals surface area contributed by atoms with Gasteiger partial charge in [-0.1, -0.05) is 30.5 Å². The number of rotatable bonds is 8. The van der Waals surface area contributed by atoms with E-state index in [4.69, 9.17) is 16.0 Å². The third-order valence-corrected chi connectivity index (χ3v) is 5.98. The van der Waals surface area contributed by atoms with Gasteiger partial charge in [-0.15, -0.1) is 0 Å². The maximum Gasteiger partial charge on any atom is 0.287 e. The highest BCUT2D eigenvalue weighted by atomic mass is 35.5. The summed E-state index contributed by atoms with van der Waals surface area (Å²) in [5.74, 6) is -1.21. The second-order valence-electron chi connectivity index (χ2n) is 8.08. The van der Waals surface area contributed by atoms with Gasteiger partial charge in [0.15, 0.2) is 5.76 Å². The van der Waals surface area contributed by atoms with E-state index in [9.17, 15) is 14.4 Å². The van der Waals surface area contributed by atoms with Crippen LogP contribution in [-0.2, 0) is 9.59 Å². The van der Waals surface area contributed by atoms with Crippen molar-refractivity contribution in [2.75, 3.05) is 11.4 Å². The molecule has 0 radical (unpaired) electrons. The fourth-order valence-electron chi connectivity index (χ4n) is 4.08. The molecule has 0 aliphatic heterocycles. The number of hydrogen-bond acceptors (Lipinski definition) is 5. The molecule has 2 heterocycles. The highest BCUT2D eigenvalue weighted by Gasteiger charge is 2.34. The maximum atomic E-state index is 13.5. The number of carbonyl (C=O) groups excluding carboxylic acids is 3. The van der Waals surface area contributed by atoms with E-state index >= 15 is 0 Å². The zero-order valence-electron chi connectivity index (χ0n) is 18.4. The number of nitrogens with one attached hydrogen (secondary N) is 2. The smallest absolute Gasteiger partial charge is 0.287 e. The van der Waals surface area contributed by atoms with Gasteiger partial charge < -0.3 is 15.1 Å². The van der Waals surface area contributed by atoms with E-state index in [2.05, 4.69) is 15.6 Å². The molecule has 3 aromatic rings. The highest BCUT2D eigenvalue weighted by molar-refractivity contribution is 6.30. The topological polar surface area (TPSA) is 105 Å². The molecule has 34 heavy (non-hydrogen) atoms. The van der Waals surface area contributed by atoms with Crippen LogP contribution in [0.4, 0.5) is 5.69 Å². The lowest BCUT2D eigenvalue weighted by molar-refractivity contribution is -0.126. The molecule has 1 aliphatic rings. The van der Waals surface area contributed by atoms with Crippen molar-refractivity contribution in [1.82, 2.24) is 15.6 Å². The Kier molecular flexibility index (Phi) is 7.59. The Morgan fingerprint density at radius 2 is 1.85 bits per heavy atom. The predicted molar refractivity (Wildman–Crippen MR) is 127 cm³/mol. The van der Waals surface area contributed by atoms with E-state index in [1.54, 1.807) is 54.9 Å². The zero-order chi connectivity index (χ0) is 23.9. The normalized spacial score (nSPS) is 14.4. The summed E-state index contributed by atoms with van der Waals surface area (Å²) in [5.41, 5.74) is 1.02. The molecule has 3 amide bonds. The molecule has 1 fully saturated rings. The fraction of sp³-hybridized carbons (Fsp3) is 0.280. The van der Waals surface area contributed by atoms with E-state index in [0.29, 0.717) is 16.3 Å². The summed E-state index contributed by atoms with van der Waals surface area (Å²) in [5, 5.41) is 6.16. The molecule has 0 saturated heterocycles. The minimum Gasteiger partial charge on any atom is -0.459 e. The Bertz CT molecular complexity index is 1110. The monoisotopic (exact) mass is 480 g/mol. The molecular weight excluding hydrogens is 456 g/mol. The number of benzene rings is 1. The summed E-state index contributed by atoms with van der Waals surface area (Å²) in [4.78, 5) is 44.9. The van der Waals surface area contributed by atoms with Crippen molar-refractivity contribution >= 4 is 35.0 Å². The Morgan fingerprint density at radius 1 is 1.09 bits per heavy atom. The molecule has 1 saturated carbocycles. The number of pyridine rings is 1. The van der Waals surface area contributed by atoms with Crippen molar-refractivity contribution in [3.63, 3.8) is 0 Å². The number of aromatic nitrogens is 1. The van der Waals surface area contributed by atoms with Crippen LogP contribution in [0.1, 0.15) is 47.8 Å². The number of hydrogen-bond donors (Lipinski definition) is 2. The van der Waals surface area contributed by atoms with E-state index in [0.717, 1.165) is 25.7 Å². The zero-order valence-corrected chi connectivity index (χ0v) is 19.2.